The van der Waals surface area contributed by atoms with Gasteiger partial charge < -0.3 is 15.4 Å². The molecule has 0 saturated carbocycles. The zero-order valence-electron chi connectivity index (χ0n) is 10.2. The molecule has 0 aliphatic rings. The van der Waals surface area contributed by atoms with Crippen molar-refractivity contribution in [3.8, 4) is 0 Å². The first kappa shape index (κ1) is 14.7. The highest BCUT2D eigenvalue weighted by Gasteiger charge is 2.15. The van der Waals surface area contributed by atoms with E-state index in [1.165, 1.54) is 12.1 Å². The van der Waals surface area contributed by atoms with Crippen LogP contribution in [0.1, 0.15) is 23.7 Å². The van der Waals surface area contributed by atoms with Crippen molar-refractivity contribution < 1.29 is 9.90 Å². The first-order chi connectivity index (χ1) is 8.62. The van der Waals surface area contributed by atoms with Crippen molar-refractivity contribution in [2.24, 2.45) is 5.84 Å². The monoisotopic (exact) mass is 272 g/mol. The maximum Gasteiger partial charge on any atom is 0.254 e. The number of aliphatic hydroxyl groups is 1. The van der Waals surface area contributed by atoms with Crippen LogP contribution >= 0.6 is 11.6 Å². The number of carbonyl (C=O) groups excluding carboxylic acids is 1. The van der Waals surface area contributed by atoms with Gasteiger partial charge in [0.1, 0.15) is 11.0 Å². The number of amides is 1. The summed E-state index contributed by atoms with van der Waals surface area (Å²) in [6, 6.07) is 3.03. The number of anilines is 1. The van der Waals surface area contributed by atoms with Gasteiger partial charge in [0.05, 0.1) is 0 Å². The molecule has 100 valence electrons. The van der Waals surface area contributed by atoms with Gasteiger partial charge in [0.15, 0.2) is 0 Å². The molecule has 0 unspecified atom stereocenters. The van der Waals surface area contributed by atoms with Crippen LogP contribution in [0, 0.1) is 0 Å². The Bertz CT molecular complexity index is 414. The summed E-state index contributed by atoms with van der Waals surface area (Å²) in [6.07, 6.45) is 0.542. The second-order valence-corrected chi connectivity index (χ2v) is 4.06. The predicted molar refractivity (Wildman–Crippen MR) is 70.3 cm³/mol. The molecular weight excluding hydrogens is 256 g/mol. The Morgan fingerprint density at radius 1 is 1.61 bits per heavy atom. The number of hydrogen-bond donors (Lipinski definition) is 3. The lowest BCUT2D eigenvalue weighted by atomic mass is 10.2. The van der Waals surface area contributed by atoms with Crippen molar-refractivity contribution in [1.82, 2.24) is 9.88 Å². The molecular formula is C11H17ClN4O2. The van der Waals surface area contributed by atoms with E-state index in [1.54, 1.807) is 4.90 Å². The average molecular weight is 273 g/mol. The Hall–Kier alpha value is -1.37. The van der Waals surface area contributed by atoms with E-state index in [-0.39, 0.29) is 17.7 Å². The second-order valence-electron chi connectivity index (χ2n) is 3.67. The summed E-state index contributed by atoms with van der Waals surface area (Å²) in [7, 11) is 0. The van der Waals surface area contributed by atoms with Gasteiger partial charge in [-0.25, -0.2) is 10.8 Å². The van der Waals surface area contributed by atoms with Crippen LogP contribution in [0.15, 0.2) is 12.1 Å². The fourth-order valence-electron chi connectivity index (χ4n) is 1.54. The molecule has 1 aromatic heterocycles. The Balaban J connectivity index is 2.90. The van der Waals surface area contributed by atoms with Gasteiger partial charge in [-0.2, -0.15) is 0 Å². The number of pyridine rings is 1. The van der Waals surface area contributed by atoms with Crippen LogP contribution in [0.5, 0.6) is 0 Å². The fourth-order valence-corrected chi connectivity index (χ4v) is 1.75. The van der Waals surface area contributed by atoms with Crippen LogP contribution in [0.25, 0.3) is 0 Å². The number of hydrazine groups is 1. The molecule has 1 aromatic rings. The van der Waals surface area contributed by atoms with Crippen LogP contribution in [0.3, 0.4) is 0 Å². The van der Waals surface area contributed by atoms with Gasteiger partial charge >= 0.3 is 0 Å². The number of carbonyl (C=O) groups is 1. The lowest BCUT2D eigenvalue weighted by Crippen LogP contribution is -2.32. The Kier molecular flexibility index (Phi) is 5.84. The molecule has 4 N–H and O–H groups in total. The fraction of sp³-hybridized carbons (Fsp3) is 0.455. The summed E-state index contributed by atoms with van der Waals surface area (Å²) >= 11 is 5.81. The minimum Gasteiger partial charge on any atom is -0.396 e. The third-order valence-electron chi connectivity index (χ3n) is 2.44. The molecule has 1 rings (SSSR count). The lowest BCUT2D eigenvalue weighted by molar-refractivity contribution is 0.0754. The molecule has 7 heteroatoms. The summed E-state index contributed by atoms with van der Waals surface area (Å²) in [5, 5.41) is 8.99. The number of halogens is 1. The van der Waals surface area contributed by atoms with Gasteiger partial charge in [-0.05, 0) is 25.5 Å². The van der Waals surface area contributed by atoms with E-state index in [4.69, 9.17) is 22.6 Å². The van der Waals surface area contributed by atoms with Gasteiger partial charge in [0.25, 0.3) is 5.91 Å². The average Bonchev–Trinajstić information content (AvgIpc) is 2.38. The number of nitrogens with one attached hydrogen (secondary N) is 1. The van der Waals surface area contributed by atoms with Crippen molar-refractivity contribution in [2.45, 2.75) is 13.3 Å². The molecule has 6 nitrogen and oxygen atoms in total. The van der Waals surface area contributed by atoms with Crippen LogP contribution in [-0.2, 0) is 0 Å². The quantitative estimate of drug-likeness (QED) is 0.406. The first-order valence-corrected chi connectivity index (χ1v) is 6.04. The van der Waals surface area contributed by atoms with E-state index < -0.39 is 0 Å². The Morgan fingerprint density at radius 2 is 2.33 bits per heavy atom. The molecule has 0 atom stereocenters. The summed E-state index contributed by atoms with van der Waals surface area (Å²) in [6.45, 7) is 2.98. The van der Waals surface area contributed by atoms with Crippen LogP contribution in [-0.4, -0.2) is 40.6 Å². The van der Waals surface area contributed by atoms with Gasteiger partial charge in [-0.15, -0.1) is 0 Å². The van der Waals surface area contributed by atoms with Crippen LogP contribution in [0.2, 0.25) is 5.15 Å². The number of rotatable bonds is 6. The van der Waals surface area contributed by atoms with E-state index in [1.807, 2.05) is 6.92 Å². The standard InChI is InChI=1S/C11H17ClN4O2/c1-2-16(4-3-5-17)11(18)8-6-9(12)14-10(7-8)15-13/h6-7,17H,2-5,13H2,1H3,(H,14,15). The number of nitrogen functional groups attached to an aromatic ring is 1. The Morgan fingerprint density at radius 3 is 2.89 bits per heavy atom. The van der Waals surface area contributed by atoms with Crippen molar-refractivity contribution in [3.63, 3.8) is 0 Å². The number of aromatic nitrogens is 1. The smallest absolute Gasteiger partial charge is 0.254 e. The summed E-state index contributed by atoms with van der Waals surface area (Å²) in [4.78, 5) is 17.7. The van der Waals surface area contributed by atoms with E-state index in [0.717, 1.165) is 0 Å². The van der Waals surface area contributed by atoms with Crippen molar-refractivity contribution >= 4 is 23.3 Å². The molecule has 0 aromatic carbocycles. The van der Waals surface area contributed by atoms with Gasteiger partial charge in [-0.1, -0.05) is 11.6 Å². The predicted octanol–water partition coefficient (Wildman–Crippen LogP) is 0.865. The molecule has 0 radical (unpaired) electrons. The summed E-state index contributed by atoms with van der Waals surface area (Å²) < 4.78 is 0. The SMILES string of the molecule is CCN(CCCO)C(=O)c1cc(Cl)nc(NN)c1. The van der Waals surface area contributed by atoms with E-state index in [2.05, 4.69) is 10.4 Å². The normalized spacial score (nSPS) is 10.2. The van der Waals surface area contributed by atoms with Crippen molar-refractivity contribution in [1.29, 1.82) is 0 Å². The minimum atomic E-state index is -0.160. The maximum absolute atomic E-state index is 12.2. The number of hydrogen-bond acceptors (Lipinski definition) is 5. The van der Waals surface area contributed by atoms with E-state index in [0.29, 0.717) is 30.9 Å². The molecule has 0 aliphatic carbocycles. The molecule has 0 saturated heterocycles. The van der Waals surface area contributed by atoms with Gasteiger partial charge in [0.2, 0.25) is 0 Å². The topological polar surface area (TPSA) is 91.5 Å². The highest BCUT2D eigenvalue weighted by molar-refractivity contribution is 6.29. The van der Waals surface area contributed by atoms with Gasteiger partial charge in [-0.3, -0.25) is 4.79 Å². The third kappa shape index (κ3) is 3.83. The molecule has 0 fully saturated rings. The van der Waals surface area contributed by atoms with Crippen LogP contribution in [0.4, 0.5) is 5.82 Å². The Labute approximate surface area is 111 Å². The number of nitrogens with zero attached hydrogens (tertiary/aromatic N) is 2. The van der Waals surface area contributed by atoms with E-state index in [9.17, 15) is 4.79 Å². The molecule has 1 heterocycles. The molecule has 0 aliphatic heterocycles. The van der Waals surface area contributed by atoms with Crippen molar-refractivity contribution in [2.75, 3.05) is 25.1 Å². The molecule has 0 spiro atoms. The molecule has 18 heavy (non-hydrogen) atoms. The summed E-state index contributed by atoms with van der Waals surface area (Å²) in [5.41, 5.74) is 2.78. The highest BCUT2D eigenvalue weighted by atomic mass is 35.5. The van der Waals surface area contributed by atoms with Crippen LogP contribution < -0.4 is 11.3 Å². The van der Waals surface area contributed by atoms with Crippen molar-refractivity contribution in [3.05, 3.63) is 22.8 Å². The number of nitrogens with two attached hydrogens (primary N) is 1. The third-order valence-corrected chi connectivity index (χ3v) is 2.64. The maximum atomic E-state index is 12.2. The lowest BCUT2D eigenvalue weighted by Gasteiger charge is -2.20. The largest absolute Gasteiger partial charge is 0.396 e. The first-order valence-electron chi connectivity index (χ1n) is 5.66. The van der Waals surface area contributed by atoms with Gasteiger partial charge in [0, 0.05) is 25.3 Å². The molecule has 0 bridgehead atoms. The second kappa shape index (κ2) is 7.15. The zero-order valence-corrected chi connectivity index (χ0v) is 10.9. The van der Waals surface area contributed by atoms with E-state index >= 15 is 0 Å². The minimum absolute atomic E-state index is 0.0521. The summed E-state index contributed by atoms with van der Waals surface area (Å²) in [5.74, 6) is 5.42. The zero-order chi connectivity index (χ0) is 13.5. The number of aliphatic hydroxyl groups excluding tert-OH is 1. The highest BCUT2D eigenvalue weighted by Crippen LogP contribution is 2.15. The molecule has 1 amide bonds.